The smallest absolute Gasteiger partial charge is 0.317 e. The second-order valence-corrected chi connectivity index (χ2v) is 5.83. The summed E-state index contributed by atoms with van der Waals surface area (Å²) in [5.74, 6) is -0.976. The van der Waals surface area contributed by atoms with E-state index in [1.54, 1.807) is 28.2 Å². The molecule has 110 valence electrons. The first kappa shape index (κ1) is 15.0. The lowest BCUT2D eigenvalue weighted by Crippen LogP contribution is -2.43. The molecule has 2 N–H and O–H groups in total. The van der Waals surface area contributed by atoms with Gasteiger partial charge in [0, 0.05) is 13.1 Å². The second kappa shape index (κ2) is 6.34. The number of carboxylic acids is 1. The molecule has 1 fully saturated rings. The Kier molecular flexibility index (Phi) is 4.74. The van der Waals surface area contributed by atoms with Gasteiger partial charge in [-0.1, -0.05) is 0 Å². The molecule has 20 heavy (non-hydrogen) atoms. The highest BCUT2D eigenvalue weighted by atomic mass is 32.1. The van der Waals surface area contributed by atoms with Crippen LogP contribution in [0.2, 0.25) is 0 Å². The normalized spacial score (nSPS) is 22.4. The van der Waals surface area contributed by atoms with Gasteiger partial charge in [-0.2, -0.15) is 11.3 Å². The number of β-amino-alcohol motifs (C(OH)–C–C–N with tert-alkyl or cyclic N) is 1. The fourth-order valence-corrected chi connectivity index (χ4v) is 3.09. The summed E-state index contributed by atoms with van der Waals surface area (Å²) in [6, 6.07) is 1.58. The third kappa shape index (κ3) is 3.56. The van der Waals surface area contributed by atoms with Gasteiger partial charge in [-0.3, -0.25) is 14.5 Å². The summed E-state index contributed by atoms with van der Waals surface area (Å²) in [7, 11) is 1.65. The molecule has 0 aromatic carbocycles. The van der Waals surface area contributed by atoms with Gasteiger partial charge < -0.3 is 15.1 Å². The van der Waals surface area contributed by atoms with Crippen LogP contribution in [-0.4, -0.2) is 70.7 Å². The van der Waals surface area contributed by atoms with E-state index >= 15 is 0 Å². The maximum Gasteiger partial charge on any atom is 0.317 e. The topological polar surface area (TPSA) is 81.1 Å². The molecule has 6 nitrogen and oxygen atoms in total. The molecule has 1 saturated heterocycles. The molecule has 2 heterocycles. The van der Waals surface area contributed by atoms with Crippen LogP contribution < -0.4 is 0 Å². The molecular formula is C13H18N2O4S. The number of hydrogen-bond acceptors (Lipinski definition) is 5. The maximum absolute atomic E-state index is 12.1. The number of amides is 1. The largest absolute Gasteiger partial charge is 0.480 e. The number of thiophene rings is 1. The number of carboxylic acid groups (broad SMARTS) is 1. The second-order valence-electron chi connectivity index (χ2n) is 5.05. The highest BCUT2D eigenvalue weighted by Gasteiger charge is 2.36. The van der Waals surface area contributed by atoms with E-state index in [0.717, 1.165) is 5.56 Å². The van der Waals surface area contributed by atoms with Crippen LogP contribution >= 0.6 is 11.3 Å². The summed E-state index contributed by atoms with van der Waals surface area (Å²) in [4.78, 5) is 26.0. The number of likely N-dealkylation sites (N-methyl/N-ethyl adjacent to an activating group) is 1. The van der Waals surface area contributed by atoms with Crippen molar-refractivity contribution in [2.75, 3.05) is 26.7 Å². The first-order valence-corrected chi connectivity index (χ1v) is 7.30. The van der Waals surface area contributed by atoms with Crippen molar-refractivity contribution in [3.8, 4) is 0 Å². The Bertz CT molecular complexity index is 477. The zero-order chi connectivity index (χ0) is 14.7. The molecule has 0 radical (unpaired) electrons. The van der Waals surface area contributed by atoms with Crippen LogP contribution in [0.25, 0.3) is 0 Å². The van der Waals surface area contributed by atoms with Gasteiger partial charge in [0.1, 0.15) is 0 Å². The Labute approximate surface area is 121 Å². The monoisotopic (exact) mass is 298 g/mol. The van der Waals surface area contributed by atoms with E-state index in [1.165, 1.54) is 0 Å². The number of nitrogens with zero attached hydrogens (tertiary/aromatic N) is 2. The zero-order valence-electron chi connectivity index (χ0n) is 11.2. The van der Waals surface area contributed by atoms with Crippen molar-refractivity contribution < 1.29 is 19.8 Å². The van der Waals surface area contributed by atoms with Gasteiger partial charge in [0.2, 0.25) is 5.91 Å². The molecule has 0 aliphatic carbocycles. The molecule has 0 unspecified atom stereocenters. The number of aliphatic carboxylic acids is 1. The Balaban J connectivity index is 1.92. The SMILES string of the molecule is CN(CC(=O)O)[C@@H]1CN(C(=O)Cc2ccsc2)C[C@H]1O. The van der Waals surface area contributed by atoms with Crippen LogP contribution in [0.1, 0.15) is 5.56 Å². The van der Waals surface area contributed by atoms with Gasteiger partial charge in [0.15, 0.2) is 0 Å². The highest BCUT2D eigenvalue weighted by Crippen LogP contribution is 2.17. The molecule has 0 bridgehead atoms. The number of rotatable bonds is 5. The van der Waals surface area contributed by atoms with Crippen LogP contribution in [0.3, 0.4) is 0 Å². The maximum atomic E-state index is 12.1. The van der Waals surface area contributed by atoms with Crippen molar-refractivity contribution in [1.29, 1.82) is 0 Å². The minimum atomic E-state index is -0.942. The van der Waals surface area contributed by atoms with E-state index in [9.17, 15) is 14.7 Å². The summed E-state index contributed by atoms with van der Waals surface area (Å²) in [5.41, 5.74) is 0.969. The van der Waals surface area contributed by atoms with Crippen LogP contribution in [0.5, 0.6) is 0 Å². The minimum Gasteiger partial charge on any atom is -0.480 e. The van der Waals surface area contributed by atoms with Gasteiger partial charge in [0.25, 0.3) is 0 Å². The Morgan fingerprint density at radius 3 is 2.85 bits per heavy atom. The van der Waals surface area contributed by atoms with Crippen molar-refractivity contribution in [1.82, 2.24) is 9.80 Å². The lowest BCUT2D eigenvalue weighted by molar-refractivity contribution is -0.138. The fraction of sp³-hybridized carbons (Fsp3) is 0.538. The standard InChI is InChI=1S/C13H18N2O4S/c1-14(7-13(18)19)10-5-15(6-11(10)16)12(17)4-9-2-3-20-8-9/h2-3,8,10-11,16H,4-7H2,1H3,(H,18,19)/t10-,11-/m1/s1. The third-order valence-electron chi connectivity index (χ3n) is 3.50. The van der Waals surface area contributed by atoms with Crippen LogP contribution in [0.4, 0.5) is 0 Å². The zero-order valence-corrected chi connectivity index (χ0v) is 12.0. The lowest BCUT2D eigenvalue weighted by atomic mass is 10.2. The third-order valence-corrected chi connectivity index (χ3v) is 4.23. The van der Waals surface area contributed by atoms with Crippen molar-refractivity contribution in [3.05, 3.63) is 22.4 Å². The Morgan fingerprint density at radius 1 is 1.50 bits per heavy atom. The van der Waals surface area contributed by atoms with E-state index in [0.29, 0.717) is 13.0 Å². The van der Waals surface area contributed by atoms with E-state index in [4.69, 9.17) is 5.11 Å². The molecule has 1 aliphatic heterocycles. The fourth-order valence-electron chi connectivity index (χ4n) is 2.42. The molecule has 2 rings (SSSR count). The number of carbonyl (C=O) groups is 2. The van der Waals surface area contributed by atoms with Crippen LogP contribution in [0, 0.1) is 0 Å². The van der Waals surface area contributed by atoms with Crippen LogP contribution in [0.15, 0.2) is 16.8 Å². The van der Waals surface area contributed by atoms with Gasteiger partial charge in [-0.05, 0) is 29.4 Å². The van der Waals surface area contributed by atoms with Crippen molar-refractivity contribution in [2.45, 2.75) is 18.6 Å². The number of aliphatic hydroxyl groups excluding tert-OH is 1. The number of likely N-dealkylation sites (tertiary alicyclic amines) is 1. The van der Waals surface area contributed by atoms with Crippen molar-refractivity contribution >= 4 is 23.2 Å². The quantitative estimate of drug-likeness (QED) is 0.792. The highest BCUT2D eigenvalue weighted by molar-refractivity contribution is 7.07. The summed E-state index contributed by atoms with van der Waals surface area (Å²) in [6.07, 6.45) is -0.378. The predicted molar refractivity (Wildman–Crippen MR) is 74.7 cm³/mol. The number of aliphatic hydroxyl groups is 1. The average Bonchev–Trinajstić information content (AvgIpc) is 2.97. The minimum absolute atomic E-state index is 0.0336. The van der Waals surface area contributed by atoms with Gasteiger partial charge in [0.05, 0.1) is 25.1 Å². The van der Waals surface area contributed by atoms with E-state index in [1.807, 2.05) is 16.8 Å². The first-order valence-electron chi connectivity index (χ1n) is 6.36. The van der Waals surface area contributed by atoms with Gasteiger partial charge >= 0.3 is 5.97 Å². The molecule has 1 aromatic rings. The first-order chi connectivity index (χ1) is 9.47. The van der Waals surface area contributed by atoms with Crippen molar-refractivity contribution in [3.63, 3.8) is 0 Å². The molecule has 1 aliphatic rings. The summed E-state index contributed by atoms with van der Waals surface area (Å²) in [6.45, 7) is 0.486. The van der Waals surface area contributed by atoms with E-state index in [-0.39, 0.29) is 25.0 Å². The van der Waals surface area contributed by atoms with Gasteiger partial charge in [-0.25, -0.2) is 0 Å². The number of hydrogen-bond donors (Lipinski definition) is 2. The van der Waals surface area contributed by atoms with Gasteiger partial charge in [-0.15, -0.1) is 0 Å². The predicted octanol–water partition coefficient (Wildman–Crippen LogP) is -0.121. The lowest BCUT2D eigenvalue weighted by Gasteiger charge is -2.24. The summed E-state index contributed by atoms with van der Waals surface area (Å²) in [5, 5.41) is 22.6. The molecule has 1 amide bonds. The Morgan fingerprint density at radius 2 is 2.25 bits per heavy atom. The Hall–Kier alpha value is -1.44. The van der Waals surface area contributed by atoms with E-state index < -0.39 is 12.1 Å². The molecule has 0 spiro atoms. The molecule has 2 atom stereocenters. The molecule has 0 saturated carbocycles. The van der Waals surface area contributed by atoms with Crippen LogP contribution in [-0.2, 0) is 16.0 Å². The summed E-state index contributed by atoms with van der Waals surface area (Å²) < 4.78 is 0. The molecule has 7 heteroatoms. The number of carbonyl (C=O) groups excluding carboxylic acids is 1. The summed E-state index contributed by atoms with van der Waals surface area (Å²) >= 11 is 1.54. The molecular weight excluding hydrogens is 280 g/mol. The van der Waals surface area contributed by atoms with E-state index in [2.05, 4.69) is 0 Å². The van der Waals surface area contributed by atoms with Crippen molar-refractivity contribution in [2.24, 2.45) is 0 Å². The molecule has 1 aromatic heterocycles. The average molecular weight is 298 g/mol.